The highest BCUT2D eigenvalue weighted by atomic mass is 32.1. The molecule has 21 heavy (non-hydrogen) atoms. The van der Waals surface area contributed by atoms with Crippen LogP contribution in [0.3, 0.4) is 0 Å². The fraction of sp³-hybridized carbons (Fsp3) is 0.500. The van der Waals surface area contributed by atoms with Crippen LogP contribution >= 0.6 is 11.3 Å². The van der Waals surface area contributed by atoms with Crippen LogP contribution in [0.25, 0.3) is 0 Å². The minimum absolute atomic E-state index is 0.286. The summed E-state index contributed by atoms with van der Waals surface area (Å²) >= 11 is 1.74. The summed E-state index contributed by atoms with van der Waals surface area (Å²) in [6.07, 6.45) is 2.48. The van der Waals surface area contributed by atoms with Crippen LogP contribution in [0.2, 0.25) is 0 Å². The monoisotopic (exact) mass is 302 g/mol. The summed E-state index contributed by atoms with van der Waals surface area (Å²) in [5.41, 5.74) is 8.46. The smallest absolute Gasteiger partial charge is 0.137 e. The third-order valence-corrected chi connectivity index (χ3v) is 4.62. The predicted molar refractivity (Wildman–Crippen MR) is 88.8 cm³/mol. The van der Waals surface area contributed by atoms with E-state index in [1.807, 2.05) is 6.92 Å². The molecule has 0 amide bonds. The number of rotatable bonds is 5. The first kappa shape index (κ1) is 14.3. The number of hydrogen-bond donors (Lipinski definition) is 1. The number of thiophene rings is 1. The number of anilines is 2. The van der Waals surface area contributed by atoms with E-state index in [4.69, 9.17) is 10.7 Å². The normalized spacial score (nSPS) is 14.7. The van der Waals surface area contributed by atoms with Crippen LogP contribution in [-0.4, -0.2) is 16.0 Å². The van der Waals surface area contributed by atoms with Crippen molar-refractivity contribution in [3.8, 4) is 0 Å². The van der Waals surface area contributed by atoms with Crippen molar-refractivity contribution in [2.24, 2.45) is 0 Å². The second kappa shape index (κ2) is 5.64. The van der Waals surface area contributed by atoms with Crippen molar-refractivity contribution in [3.05, 3.63) is 33.8 Å². The summed E-state index contributed by atoms with van der Waals surface area (Å²) in [6.45, 7) is 7.14. The van der Waals surface area contributed by atoms with Crippen LogP contribution in [0.1, 0.15) is 49.6 Å². The van der Waals surface area contributed by atoms with Crippen molar-refractivity contribution < 1.29 is 0 Å². The first-order valence-corrected chi connectivity index (χ1v) is 8.42. The molecule has 1 fully saturated rings. The molecule has 2 heterocycles. The Balaban J connectivity index is 1.98. The SMILES string of the molecule is Cc1c(N)nc(C(C)C)nc1N(Cc1ccsc1)C1CC1. The number of nitrogen functional groups attached to an aromatic ring is 1. The maximum absolute atomic E-state index is 6.12. The molecule has 2 N–H and O–H groups in total. The molecular formula is C16H22N4S. The minimum atomic E-state index is 0.286. The highest BCUT2D eigenvalue weighted by Crippen LogP contribution is 2.35. The molecule has 0 saturated heterocycles. The van der Waals surface area contributed by atoms with Gasteiger partial charge in [0.25, 0.3) is 0 Å². The molecular weight excluding hydrogens is 280 g/mol. The molecule has 2 aromatic rings. The van der Waals surface area contributed by atoms with Crippen molar-refractivity contribution in [2.75, 3.05) is 10.6 Å². The molecule has 0 bridgehead atoms. The van der Waals surface area contributed by atoms with Gasteiger partial charge in [0, 0.05) is 24.1 Å². The fourth-order valence-corrected chi connectivity index (χ4v) is 3.08. The maximum Gasteiger partial charge on any atom is 0.137 e. The van der Waals surface area contributed by atoms with E-state index in [0.717, 1.165) is 23.8 Å². The standard InChI is InChI=1S/C16H22N4S/c1-10(2)15-18-14(17)11(3)16(19-15)20(13-4-5-13)8-12-6-7-21-9-12/h6-7,9-10,13H,4-5,8H2,1-3H3,(H2,17,18,19). The lowest BCUT2D eigenvalue weighted by Crippen LogP contribution is -2.27. The molecule has 0 atom stereocenters. The van der Waals surface area contributed by atoms with Crippen molar-refractivity contribution in [1.82, 2.24) is 9.97 Å². The fourth-order valence-electron chi connectivity index (χ4n) is 2.42. The first-order valence-electron chi connectivity index (χ1n) is 7.48. The molecule has 5 heteroatoms. The van der Waals surface area contributed by atoms with Gasteiger partial charge in [0.05, 0.1) is 0 Å². The molecule has 1 aliphatic rings. The predicted octanol–water partition coefficient (Wildman–Crippen LogP) is 3.72. The van der Waals surface area contributed by atoms with E-state index in [1.165, 1.54) is 18.4 Å². The number of nitrogens with zero attached hydrogens (tertiary/aromatic N) is 3. The Morgan fingerprint density at radius 1 is 1.38 bits per heavy atom. The quantitative estimate of drug-likeness (QED) is 0.914. The molecule has 0 unspecified atom stereocenters. The van der Waals surface area contributed by atoms with Gasteiger partial charge in [-0.05, 0) is 42.2 Å². The molecule has 1 saturated carbocycles. The van der Waals surface area contributed by atoms with Crippen LogP contribution in [-0.2, 0) is 6.54 Å². The van der Waals surface area contributed by atoms with Crippen LogP contribution < -0.4 is 10.6 Å². The molecule has 0 aromatic carbocycles. The second-order valence-electron chi connectivity index (χ2n) is 6.06. The zero-order valence-corrected chi connectivity index (χ0v) is 13.7. The van der Waals surface area contributed by atoms with E-state index >= 15 is 0 Å². The Morgan fingerprint density at radius 2 is 2.14 bits per heavy atom. The van der Waals surface area contributed by atoms with Crippen LogP contribution in [0, 0.1) is 6.92 Å². The Hall–Kier alpha value is -1.62. The van der Waals surface area contributed by atoms with Gasteiger partial charge in [-0.1, -0.05) is 13.8 Å². The number of aromatic nitrogens is 2. The molecule has 0 spiro atoms. The van der Waals surface area contributed by atoms with Crippen LogP contribution in [0.5, 0.6) is 0 Å². The van der Waals surface area contributed by atoms with Crippen molar-refractivity contribution >= 4 is 23.0 Å². The average Bonchev–Trinajstić information content (AvgIpc) is 3.16. The van der Waals surface area contributed by atoms with E-state index < -0.39 is 0 Å². The summed E-state index contributed by atoms with van der Waals surface area (Å²) in [6, 6.07) is 2.78. The van der Waals surface area contributed by atoms with Gasteiger partial charge in [-0.2, -0.15) is 11.3 Å². The molecule has 3 rings (SSSR count). The van der Waals surface area contributed by atoms with E-state index in [1.54, 1.807) is 11.3 Å². The molecule has 1 aliphatic carbocycles. The largest absolute Gasteiger partial charge is 0.383 e. The van der Waals surface area contributed by atoms with Gasteiger partial charge >= 0.3 is 0 Å². The number of nitrogens with two attached hydrogens (primary N) is 1. The molecule has 112 valence electrons. The van der Waals surface area contributed by atoms with Gasteiger partial charge < -0.3 is 10.6 Å². The lowest BCUT2D eigenvalue weighted by Gasteiger charge is -2.26. The van der Waals surface area contributed by atoms with E-state index in [-0.39, 0.29) is 5.92 Å². The van der Waals surface area contributed by atoms with Gasteiger partial charge in [0.15, 0.2) is 0 Å². The average molecular weight is 302 g/mol. The lowest BCUT2D eigenvalue weighted by atomic mass is 10.2. The van der Waals surface area contributed by atoms with Crippen molar-refractivity contribution in [2.45, 2.75) is 52.1 Å². The molecule has 0 aliphatic heterocycles. The third-order valence-electron chi connectivity index (χ3n) is 3.88. The topological polar surface area (TPSA) is 55.0 Å². The Morgan fingerprint density at radius 3 is 2.71 bits per heavy atom. The summed E-state index contributed by atoms with van der Waals surface area (Å²) < 4.78 is 0. The number of hydrogen-bond acceptors (Lipinski definition) is 5. The Kier molecular flexibility index (Phi) is 3.85. The Bertz CT molecular complexity index is 617. The summed E-state index contributed by atoms with van der Waals surface area (Å²) in [7, 11) is 0. The highest BCUT2D eigenvalue weighted by Gasteiger charge is 2.32. The Labute approximate surface area is 130 Å². The molecule has 2 aromatic heterocycles. The summed E-state index contributed by atoms with van der Waals surface area (Å²) in [5.74, 6) is 2.75. The van der Waals surface area contributed by atoms with Crippen LogP contribution in [0.4, 0.5) is 11.6 Å². The van der Waals surface area contributed by atoms with Gasteiger partial charge in [-0.25, -0.2) is 9.97 Å². The minimum Gasteiger partial charge on any atom is -0.383 e. The first-order chi connectivity index (χ1) is 10.1. The van der Waals surface area contributed by atoms with E-state index in [2.05, 4.69) is 40.6 Å². The van der Waals surface area contributed by atoms with Crippen molar-refractivity contribution in [3.63, 3.8) is 0 Å². The zero-order chi connectivity index (χ0) is 15.0. The van der Waals surface area contributed by atoms with Gasteiger partial charge in [0.1, 0.15) is 17.5 Å². The van der Waals surface area contributed by atoms with Gasteiger partial charge in [0.2, 0.25) is 0 Å². The maximum atomic E-state index is 6.12. The highest BCUT2D eigenvalue weighted by molar-refractivity contribution is 7.07. The zero-order valence-electron chi connectivity index (χ0n) is 12.8. The lowest BCUT2D eigenvalue weighted by molar-refractivity contribution is 0.732. The van der Waals surface area contributed by atoms with Crippen LogP contribution in [0.15, 0.2) is 16.8 Å². The van der Waals surface area contributed by atoms with E-state index in [0.29, 0.717) is 11.9 Å². The third kappa shape index (κ3) is 3.02. The summed E-state index contributed by atoms with van der Waals surface area (Å²) in [4.78, 5) is 11.7. The van der Waals surface area contributed by atoms with E-state index in [9.17, 15) is 0 Å². The van der Waals surface area contributed by atoms with Crippen molar-refractivity contribution in [1.29, 1.82) is 0 Å². The molecule has 4 nitrogen and oxygen atoms in total. The van der Waals surface area contributed by atoms with Gasteiger partial charge in [-0.3, -0.25) is 0 Å². The summed E-state index contributed by atoms with van der Waals surface area (Å²) in [5, 5.41) is 4.33. The van der Waals surface area contributed by atoms with Gasteiger partial charge in [-0.15, -0.1) is 0 Å². The second-order valence-corrected chi connectivity index (χ2v) is 6.84. The molecule has 0 radical (unpaired) electrons.